The van der Waals surface area contributed by atoms with Crippen molar-refractivity contribution < 1.29 is 4.39 Å². The van der Waals surface area contributed by atoms with Crippen molar-refractivity contribution in [1.82, 2.24) is 19.7 Å². The summed E-state index contributed by atoms with van der Waals surface area (Å²) in [6, 6.07) is 2.19. The number of aromatic nitrogens is 4. The predicted molar refractivity (Wildman–Crippen MR) is 81.2 cm³/mol. The Hall–Kier alpha value is -2.18. The summed E-state index contributed by atoms with van der Waals surface area (Å²) in [6.45, 7) is 6.66. The first-order valence-corrected chi connectivity index (χ1v) is 6.85. The van der Waals surface area contributed by atoms with Crippen molar-refractivity contribution in [2.24, 2.45) is 0 Å². The molecule has 0 amide bonds. The largest absolute Gasteiger partial charge is 0.360 e. The minimum absolute atomic E-state index is 0.148. The molecule has 0 spiro atoms. The van der Waals surface area contributed by atoms with E-state index in [9.17, 15) is 4.39 Å². The topological polar surface area (TPSA) is 58.9 Å². The van der Waals surface area contributed by atoms with Gasteiger partial charge in [-0.05, 0) is 26.8 Å². The predicted octanol–water partition coefficient (Wildman–Crippen LogP) is 2.17. The van der Waals surface area contributed by atoms with E-state index in [4.69, 9.17) is 0 Å². The molecule has 2 rings (SSSR count). The zero-order chi connectivity index (χ0) is 15.6. The molecular weight excluding hydrogens is 271 g/mol. The second-order valence-corrected chi connectivity index (χ2v) is 5.36. The lowest BCUT2D eigenvalue weighted by atomic mass is 10.3. The fraction of sp³-hybridized carbons (Fsp3) is 0.500. The third-order valence-electron chi connectivity index (χ3n) is 3.17. The Bertz CT molecular complexity index is 622. The Kier molecular flexibility index (Phi) is 4.40. The van der Waals surface area contributed by atoms with Crippen LogP contribution in [0.15, 0.2) is 12.3 Å². The van der Waals surface area contributed by atoms with E-state index in [0.717, 1.165) is 11.4 Å². The zero-order valence-corrected chi connectivity index (χ0v) is 13.1. The van der Waals surface area contributed by atoms with Gasteiger partial charge in [0.1, 0.15) is 0 Å². The van der Waals surface area contributed by atoms with Crippen LogP contribution in [0, 0.1) is 19.7 Å². The van der Waals surface area contributed by atoms with Crippen molar-refractivity contribution in [3.8, 4) is 0 Å². The van der Waals surface area contributed by atoms with Gasteiger partial charge < -0.3 is 10.2 Å². The summed E-state index contributed by atoms with van der Waals surface area (Å²) < 4.78 is 15.5. The fourth-order valence-corrected chi connectivity index (χ4v) is 2.17. The van der Waals surface area contributed by atoms with Crippen LogP contribution in [0.4, 0.5) is 16.2 Å². The summed E-state index contributed by atoms with van der Waals surface area (Å²) in [7, 11) is 3.49. The van der Waals surface area contributed by atoms with E-state index in [-0.39, 0.29) is 11.9 Å². The average molecular weight is 292 g/mol. The zero-order valence-electron chi connectivity index (χ0n) is 13.1. The van der Waals surface area contributed by atoms with Crippen LogP contribution in [-0.2, 0) is 0 Å². The fourth-order valence-electron chi connectivity index (χ4n) is 2.17. The molecule has 0 saturated carbocycles. The number of hydrogen-bond donors (Lipinski definition) is 1. The highest BCUT2D eigenvalue weighted by molar-refractivity contribution is 5.42. The van der Waals surface area contributed by atoms with Gasteiger partial charge in [0.15, 0.2) is 11.6 Å². The van der Waals surface area contributed by atoms with E-state index in [1.54, 1.807) is 19.0 Å². The molecule has 0 radical (unpaired) electrons. The van der Waals surface area contributed by atoms with Crippen LogP contribution in [0.2, 0.25) is 0 Å². The number of rotatable bonds is 5. The maximum atomic E-state index is 13.5. The van der Waals surface area contributed by atoms with E-state index < -0.39 is 5.82 Å². The SMILES string of the molecule is Cc1cc(C)n(C(C)CNc2ncc(F)c(N(C)C)n2)n1. The van der Waals surface area contributed by atoms with Gasteiger partial charge in [0.2, 0.25) is 5.95 Å². The first-order chi connectivity index (χ1) is 9.88. The molecule has 0 aliphatic heterocycles. The van der Waals surface area contributed by atoms with E-state index >= 15 is 0 Å². The van der Waals surface area contributed by atoms with Gasteiger partial charge in [-0.1, -0.05) is 0 Å². The minimum atomic E-state index is -0.433. The Balaban J connectivity index is 2.06. The summed E-state index contributed by atoms with van der Waals surface area (Å²) >= 11 is 0. The lowest BCUT2D eigenvalue weighted by Gasteiger charge is -2.17. The molecule has 7 heteroatoms. The van der Waals surface area contributed by atoms with Gasteiger partial charge in [0.05, 0.1) is 17.9 Å². The van der Waals surface area contributed by atoms with Crippen molar-refractivity contribution in [2.45, 2.75) is 26.8 Å². The first kappa shape index (κ1) is 15.2. The second-order valence-electron chi connectivity index (χ2n) is 5.36. The molecule has 1 N–H and O–H groups in total. The molecule has 1 atom stereocenters. The Labute approximate surface area is 124 Å². The van der Waals surface area contributed by atoms with Crippen LogP contribution < -0.4 is 10.2 Å². The number of nitrogens with one attached hydrogen (secondary N) is 1. The molecule has 2 aromatic heterocycles. The van der Waals surface area contributed by atoms with Gasteiger partial charge in [-0.2, -0.15) is 10.1 Å². The second kappa shape index (κ2) is 6.07. The van der Waals surface area contributed by atoms with Crippen molar-refractivity contribution in [1.29, 1.82) is 0 Å². The molecule has 0 aliphatic rings. The Morgan fingerprint density at radius 1 is 1.38 bits per heavy atom. The molecule has 0 fully saturated rings. The van der Waals surface area contributed by atoms with Crippen LogP contribution in [0.3, 0.4) is 0 Å². The van der Waals surface area contributed by atoms with Gasteiger partial charge in [0.25, 0.3) is 0 Å². The summed E-state index contributed by atoms with van der Waals surface area (Å²) in [6.07, 6.45) is 1.18. The third kappa shape index (κ3) is 3.48. The van der Waals surface area contributed by atoms with Crippen molar-refractivity contribution in [3.05, 3.63) is 29.5 Å². The van der Waals surface area contributed by atoms with Crippen LogP contribution in [0.5, 0.6) is 0 Å². The van der Waals surface area contributed by atoms with E-state index in [1.165, 1.54) is 6.20 Å². The van der Waals surface area contributed by atoms with Gasteiger partial charge in [-0.15, -0.1) is 0 Å². The van der Waals surface area contributed by atoms with Crippen molar-refractivity contribution in [2.75, 3.05) is 30.9 Å². The van der Waals surface area contributed by atoms with Crippen LogP contribution in [-0.4, -0.2) is 40.4 Å². The van der Waals surface area contributed by atoms with Gasteiger partial charge in [-0.3, -0.25) is 4.68 Å². The highest BCUT2D eigenvalue weighted by Crippen LogP contribution is 2.16. The quantitative estimate of drug-likeness (QED) is 0.915. The molecule has 114 valence electrons. The first-order valence-electron chi connectivity index (χ1n) is 6.85. The van der Waals surface area contributed by atoms with Gasteiger partial charge in [0, 0.05) is 26.3 Å². The molecule has 6 nitrogen and oxygen atoms in total. The number of hydrogen-bond acceptors (Lipinski definition) is 5. The highest BCUT2D eigenvalue weighted by atomic mass is 19.1. The molecule has 1 unspecified atom stereocenters. The standard InChI is InChI=1S/C14H21FN6/c1-9-6-10(2)21(19-9)11(3)7-16-14-17-8-12(15)13(18-14)20(4)5/h6,8,11H,7H2,1-5H3,(H,16,17,18). The Morgan fingerprint density at radius 3 is 2.67 bits per heavy atom. The molecule has 21 heavy (non-hydrogen) atoms. The number of anilines is 2. The van der Waals surface area contributed by atoms with Crippen LogP contribution in [0.1, 0.15) is 24.4 Å². The maximum absolute atomic E-state index is 13.5. The maximum Gasteiger partial charge on any atom is 0.224 e. The number of halogens is 1. The normalized spacial score (nSPS) is 12.3. The summed E-state index contributed by atoms with van der Waals surface area (Å²) in [5.74, 6) is 0.247. The third-order valence-corrected chi connectivity index (χ3v) is 3.17. The van der Waals surface area contributed by atoms with Crippen molar-refractivity contribution in [3.63, 3.8) is 0 Å². The van der Waals surface area contributed by atoms with E-state index in [0.29, 0.717) is 12.5 Å². The summed E-state index contributed by atoms with van der Waals surface area (Å²) in [4.78, 5) is 9.74. The summed E-state index contributed by atoms with van der Waals surface area (Å²) in [5.41, 5.74) is 2.10. The van der Waals surface area contributed by atoms with E-state index in [2.05, 4.69) is 27.3 Å². The highest BCUT2D eigenvalue weighted by Gasteiger charge is 2.12. The number of aryl methyl sites for hydroxylation is 2. The molecular formula is C14H21FN6. The average Bonchev–Trinajstić information content (AvgIpc) is 2.76. The minimum Gasteiger partial charge on any atom is -0.360 e. The van der Waals surface area contributed by atoms with Crippen molar-refractivity contribution >= 4 is 11.8 Å². The molecule has 0 bridgehead atoms. The molecule has 2 heterocycles. The smallest absolute Gasteiger partial charge is 0.224 e. The molecule has 0 aliphatic carbocycles. The molecule has 0 saturated heterocycles. The van der Waals surface area contributed by atoms with E-state index in [1.807, 2.05) is 24.6 Å². The van der Waals surface area contributed by atoms with Gasteiger partial charge in [-0.25, -0.2) is 9.37 Å². The lowest BCUT2D eigenvalue weighted by Crippen LogP contribution is -2.20. The van der Waals surface area contributed by atoms with Gasteiger partial charge >= 0.3 is 0 Å². The summed E-state index contributed by atoms with van der Waals surface area (Å²) in [5, 5.41) is 7.58. The monoisotopic (exact) mass is 292 g/mol. The molecule has 0 aromatic carbocycles. The van der Waals surface area contributed by atoms with Crippen LogP contribution >= 0.6 is 0 Å². The molecule has 2 aromatic rings. The lowest BCUT2D eigenvalue weighted by molar-refractivity contribution is 0.496. The number of nitrogens with zero attached hydrogens (tertiary/aromatic N) is 5. The van der Waals surface area contributed by atoms with Crippen LogP contribution in [0.25, 0.3) is 0 Å². The Morgan fingerprint density at radius 2 is 2.10 bits per heavy atom.